The third kappa shape index (κ3) is 6.70. The van der Waals surface area contributed by atoms with Crippen LogP contribution in [0.3, 0.4) is 0 Å². The SMILES string of the molecule is COc1ccc(/C=C(/NC(=O)c2ccccc2)C(=O)N/N=C/C=C/c2ccc(C)o2)cc1OC. The molecule has 2 amide bonds. The summed E-state index contributed by atoms with van der Waals surface area (Å²) in [6, 6.07) is 17.4. The van der Waals surface area contributed by atoms with Crippen molar-refractivity contribution in [2.75, 3.05) is 14.2 Å². The fourth-order valence-electron chi connectivity index (χ4n) is 2.93. The Balaban J connectivity index is 1.79. The second-order valence-corrected chi connectivity index (χ2v) is 7.02. The lowest BCUT2D eigenvalue weighted by molar-refractivity contribution is -0.117. The average molecular weight is 460 g/mol. The van der Waals surface area contributed by atoms with Gasteiger partial charge in [-0.1, -0.05) is 24.3 Å². The molecule has 2 N–H and O–H groups in total. The van der Waals surface area contributed by atoms with Gasteiger partial charge in [-0.3, -0.25) is 9.59 Å². The fourth-order valence-corrected chi connectivity index (χ4v) is 2.93. The summed E-state index contributed by atoms with van der Waals surface area (Å²) < 4.78 is 16.0. The van der Waals surface area contributed by atoms with Crippen LogP contribution in [0.2, 0.25) is 0 Å². The zero-order valence-corrected chi connectivity index (χ0v) is 19.1. The van der Waals surface area contributed by atoms with Crippen LogP contribution in [0.5, 0.6) is 11.5 Å². The predicted octanol–water partition coefficient (Wildman–Crippen LogP) is 4.19. The summed E-state index contributed by atoms with van der Waals surface area (Å²) >= 11 is 0. The monoisotopic (exact) mass is 459 g/mol. The largest absolute Gasteiger partial charge is 0.493 e. The molecule has 2 aromatic carbocycles. The Labute approximate surface area is 197 Å². The molecule has 1 aromatic heterocycles. The molecule has 0 radical (unpaired) electrons. The van der Waals surface area contributed by atoms with E-state index in [0.29, 0.717) is 28.4 Å². The van der Waals surface area contributed by atoms with Gasteiger partial charge in [0.15, 0.2) is 11.5 Å². The van der Waals surface area contributed by atoms with E-state index in [2.05, 4.69) is 15.8 Å². The van der Waals surface area contributed by atoms with E-state index in [4.69, 9.17) is 13.9 Å². The van der Waals surface area contributed by atoms with E-state index in [1.165, 1.54) is 26.5 Å². The molecule has 0 spiro atoms. The van der Waals surface area contributed by atoms with Crippen LogP contribution in [-0.2, 0) is 4.79 Å². The van der Waals surface area contributed by atoms with Crippen LogP contribution in [-0.4, -0.2) is 32.2 Å². The highest BCUT2D eigenvalue weighted by Gasteiger charge is 2.15. The molecule has 3 aromatic rings. The lowest BCUT2D eigenvalue weighted by Crippen LogP contribution is -2.32. The van der Waals surface area contributed by atoms with E-state index in [1.807, 2.05) is 19.1 Å². The average Bonchev–Trinajstić information content (AvgIpc) is 3.28. The lowest BCUT2D eigenvalue weighted by Gasteiger charge is -2.11. The minimum Gasteiger partial charge on any atom is -0.493 e. The molecule has 8 heteroatoms. The van der Waals surface area contributed by atoms with Crippen molar-refractivity contribution in [3.8, 4) is 11.5 Å². The molecule has 3 rings (SSSR count). The predicted molar refractivity (Wildman–Crippen MR) is 131 cm³/mol. The highest BCUT2D eigenvalue weighted by Crippen LogP contribution is 2.28. The van der Waals surface area contributed by atoms with Crippen molar-refractivity contribution in [1.82, 2.24) is 10.7 Å². The number of allylic oxidation sites excluding steroid dienone is 1. The Hall–Kier alpha value is -4.59. The standard InChI is InChI=1S/C26H25N3O5/c1-18-11-13-21(34-18)10-7-15-27-29-26(31)22(28-25(30)20-8-5-4-6-9-20)16-19-12-14-23(32-2)24(17-19)33-3/h4-17H,1-3H3,(H,28,30)(H,29,31)/b10-7+,22-16+,27-15+. The molecule has 0 saturated carbocycles. The third-order valence-electron chi connectivity index (χ3n) is 4.60. The Morgan fingerprint density at radius 1 is 0.971 bits per heavy atom. The molecule has 0 unspecified atom stereocenters. The third-order valence-corrected chi connectivity index (χ3v) is 4.60. The van der Waals surface area contributed by atoms with E-state index >= 15 is 0 Å². The molecular weight excluding hydrogens is 434 g/mol. The number of methoxy groups -OCH3 is 2. The van der Waals surface area contributed by atoms with Gasteiger partial charge < -0.3 is 19.2 Å². The van der Waals surface area contributed by atoms with Crippen molar-refractivity contribution in [2.45, 2.75) is 6.92 Å². The van der Waals surface area contributed by atoms with Crippen LogP contribution in [0.15, 0.2) is 82.0 Å². The van der Waals surface area contributed by atoms with Crippen LogP contribution in [0.25, 0.3) is 12.2 Å². The molecule has 0 bridgehead atoms. The summed E-state index contributed by atoms with van der Waals surface area (Å²) in [5.41, 5.74) is 3.45. The molecule has 0 atom stereocenters. The topological polar surface area (TPSA) is 102 Å². The first kappa shape index (κ1) is 24.1. The number of rotatable bonds is 9. The number of amides is 2. The zero-order valence-electron chi connectivity index (χ0n) is 19.1. The fraction of sp³-hybridized carbons (Fsp3) is 0.115. The van der Waals surface area contributed by atoms with Crippen LogP contribution in [0, 0.1) is 6.92 Å². The van der Waals surface area contributed by atoms with Crippen LogP contribution in [0.4, 0.5) is 0 Å². The van der Waals surface area contributed by atoms with Gasteiger partial charge >= 0.3 is 0 Å². The van der Waals surface area contributed by atoms with Crippen molar-refractivity contribution in [2.24, 2.45) is 5.10 Å². The second kappa shape index (κ2) is 11.9. The maximum Gasteiger partial charge on any atom is 0.287 e. The first-order chi connectivity index (χ1) is 16.5. The van der Waals surface area contributed by atoms with Gasteiger partial charge in [0.1, 0.15) is 17.2 Å². The van der Waals surface area contributed by atoms with Gasteiger partial charge in [0.2, 0.25) is 0 Å². The summed E-state index contributed by atoms with van der Waals surface area (Å²) in [4.78, 5) is 25.5. The van der Waals surface area contributed by atoms with Crippen molar-refractivity contribution in [3.05, 3.63) is 95.1 Å². The Morgan fingerprint density at radius 3 is 2.41 bits per heavy atom. The summed E-state index contributed by atoms with van der Waals surface area (Å²) in [5, 5.41) is 6.56. The molecule has 0 aliphatic carbocycles. The summed E-state index contributed by atoms with van der Waals surface area (Å²) in [6.07, 6.45) is 6.26. The Morgan fingerprint density at radius 2 is 1.74 bits per heavy atom. The van der Waals surface area contributed by atoms with Crippen LogP contribution in [0.1, 0.15) is 27.4 Å². The Kier molecular flexibility index (Phi) is 8.40. The number of carbonyl (C=O) groups excluding carboxylic acids is 2. The number of ether oxygens (including phenoxy) is 2. The minimum absolute atomic E-state index is 0.00358. The summed E-state index contributed by atoms with van der Waals surface area (Å²) in [5.74, 6) is 1.46. The number of hydrogen-bond acceptors (Lipinski definition) is 6. The van der Waals surface area contributed by atoms with Gasteiger partial charge in [-0.15, -0.1) is 0 Å². The molecular formula is C26H25N3O5. The molecule has 0 aliphatic heterocycles. The Bertz CT molecular complexity index is 1230. The number of hydrazone groups is 1. The van der Waals surface area contributed by atoms with E-state index < -0.39 is 11.8 Å². The summed E-state index contributed by atoms with van der Waals surface area (Å²) in [7, 11) is 3.05. The molecule has 0 saturated heterocycles. The summed E-state index contributed by atoms with van der Waals surface area (Å²) in [6.45, 7) is 1.85. The number of hydrogen-bond donors (Lipinski definition) is 2. The van der Waals surface area contributed by atoms with Crippen LogP contribution < -0.4 is 20.2 Å². The molecule has 8 nitrogen and oxygen atoms in total. The van der Waals surface area contributed by atoms with Crippen molar-refractivity contribution in [3.63, 3.8) is 0 Å². The van der Waals surface area contributed by atoms with Gasteiger partial charge in [0.05, 0.1) is 14.2 Å². The van der Waals surface area contributed by atoms with Gasteiger partial charge in [0.25, 0.3) is 11.8 Å². The smallest absolute Gasteiger partial charge is 0.287 e. The molecule has 0 aliphatic rings. The molecule has 0 fully saturated rings. The van der Waals surface area contributed by atoms with Crippen molar-refractivity contribution < 1.29 is 23.5 Å². The second-order valence-electron chi connectivity index (χ2n) is 7.02. The highest BCUT2D eigenvalue weighted by molar-refractivity contribution is 6.05. The van der Waals surface area contributed by atoms with Crippen LogP contribution >= 0.6 is 0 Å². The van der Waals surface area contributed by atoms with Crippen molar-refractivity contribution in [1.29, 1.82) is 0 Å². The van der Waals surface area contributed by atoms with Crippen molar-refractivity contribution >= 4 is 30.2 Å². The van der Waals surface area contributed by atoms with E-state index in [1.54, 1.807) is 60.7 Å². The van der Waals surface area contributed by atoms with Gasteiger partial charge in [0, 0.05) is 11.8 Å². The van der Waals surface area contributed by atoms with E-state index in [-0.39, 0.29) is 5.70 Å². The first-order valence-corrected chi connectivity index (χ1v) is 10.4. The number of furan rings is 1. The maximum absolute atomic E-state index is 12.8. The van der Waals surface area contributed by atoms with E-state index in [9.17, 15) is 9.59 Å². The van der Waals surface area contributed by atoms with E-state index in [0.717, 1.165) is 5.76 Å². The molecule has 34 heavy (non-hydrogen) atoms. The quantitative estimate of drug-likeness (QED) is 0.284. The van der Waals surface area contributed by atoms with Gasteiger partial charge in [-0.25, -0.2) is 5.43 Å². The number of aryl methyl sites for hydroxylation is 1. The molecule has 174 valence electrons. The maximum atomic E-state index is 12.8. The number of carbonyl (C=O) groups is 2. The number of nitrogens with one attached hydrogen (secondary N) is 2. The molecule has 1 heterocycles. The normalized spacial score (nSPS) is 11.6. The number of nitrogens with zero attached hydrogens (tertiary/aromatic N) is 1. The first-order valence-electron chi connectivity index (χ1n) is 10.4. The minimum atomic E-state index is -0.599. The number of benzene rings is 2. The lowest BCUT2D eigenvalue weighted by atomic mass is 10.1. The van der Waals surface area contributed by atoms with Gasteiger partial charge in [-0.05, 0) is 67.1 Å². The zero-order chi connectivity index (χ0) is 24.3. The highest BCUT2D eigenvalue weighted by atomic mass is 16.5. The van der Waals surface area contributed by atoms with Gasteiger partial charge in [-0.2, -0.15) is 5.10 Å².